The fourth-order valence-electron chi connectivity index (χ4n) is 1.88. The molecular weight excluding hydrogens is 318 g/mol. The predicted octanol–water partition coefficient (Wildman–Crippen LogP) is 1.46. The third-order valence-electron chi connectivity index (χ3n) is 3.08. The van der Waals surface area contributed by atoms with Crippen molar-refractivity contribution < 1.29 is 9.69 Å². The van der Waals surface area contributed by atoms with Gasteiger partial charge < -0.3 is 15.1 Å². The molecule has 0 radical (unpaired) electrons. The fraction of sp³-hybridized carbons (Fsp3) is 0.417. The number of anilines is 1. The molecule has 0 unspecified atom stereocenters. The summed E-state index contributed by atoms with van der Waals surface area (Å²) in [5, 5.41) is 3.39. The number of hydrogen-bond donors (Lipinski definition) is 2. The molecule has 98 valence electrons. The summed E-state index contributed by atoms with van der Waals surface area (Å²) >= 11 is 9.40. The molecule has 4 nitrogen and oxygen atoms in total. The van der Waals surface area contributed by atoms with Gasteiger partial charge in [0.05, 0.1) is 43.9 Å². The summed E-state index contributed by atoms with van der Waals surface area (Å²) in [6.07, 6.45) is 0. The van der Waals surface area contributed by atoms with Gasteiger partial charge in [0.1, 0.15) is 0 Å². The third kappa shape index (κ3) is 3.37. The lowest BCUT2D eigenvalue weighted by Gasteiger charge is -2.30. The zero-order valence-electron chi connectivity index (χ0n) is 10.2. The number of quaternary nitrogens is 1. The molecule has 0 spiro atoms. The molecule has 0 saturated carbocycles. The number of urea groups is 1. The van der Waals surface area contributed by atoms with Crippen LogP contribution >= 0.6 is 27.5 Å². The summed E-state index contributed by atoms with van der Waals surface area (Å²) < 4.78 is 0.897. The number of likely N-dealkylation sites (N-methyl/N-ethyl adjacent to an activating group) is 1. The van der Waals surface area contributed by atoms with E-state index < -0.39 is 0 Å². The number of nitrogens with zero attached hydrogens (tertiary/aromatic N) is 1. The van der Waals surface area contributed by atoms with Crippen LogP contribution < -0.4 is 10.2 Å². The van der Waals surface area contributed by atoms with Crippen molar-refractivity contribution in [2.45, 2.75) is 0 Å². The first kappa shape index (κ1) is 13.6. The van der Waals surface area contributed by atoms with Crippen LogP contribution in [-0.4, -0.2) is 44.2 Å². The summed E-state index contributed by atoms with van der Waals surface area (Å²) in [5.41, 5.74) is 0.649. The molecular formula is C12H16BrClN3O+. The van der Waals surface area contributed by atoms with E-state index in [0.29, 0.717) is 10.7 Å². The molecule has 6 heteroatoms. The molecule has 1 fully saturated rings. The van der Waals surface area contributed by atoms with Gasteiger partial charge >= 0.3 is 6.03 Å². The smallest absolute Gasteiger partial charge is 0.322 e. The van der Waals surface area contributed by atoms with E-state index in [9.17, 15) is 4.79 Å². The largest absolute Gasteiger partial charge is 0.334 e. The maximum atomic E-state index is 12.0. The minimum absolute atomic E-state index is 0.0771. The SMILES string of the molecule is C[NH+]1CCN(C(=O)Nc2ccc(Br)cc2Cl)CC1. The monoisotopic (exact) mass is 332 g/mol. The Bertz CT molecular complexity index is 447. The van der Waals surface area contributed by atoms with Gasteiger partial charge in [-0.2, -0.15) is 0 Å². The Balaban J connectivity index is 1.98. The number of piperazine rings is 1. The molecule has 2 amide bonds. The van der Waals surface area contributed by atoms with Gasteiger partial charge in [0, 0.05) is 4.47 Å². The molecule has 0 aromatic heterocycles. The van der Waals surface area contributed by atoms with Crippen molar-refractivity contribution in [2.24, 2.45) is 0 Å². The molecule has 18 heavy (non-hydrogen) atoms. The van der Waals surface area contributed by atoms with Gasteiger partial charge in [-0.05, 0) is 18.2 Å². The molecule has 0 bridgehead atoms. The molecule has 0 aliphatic carbocycles. The Kier molecular flexibility index (Phi) is 4.48. The van der Waals surface area contributed by atoms with Crippen molar-refractivity contribution in [3.8, 4) is 0 Å². The zero-order valence-corrected chi connectivity index (χ0v) is 12.5. The predicted molar refractivity (Wildman–Crippen MR) is 76.4 cm³/mol. The van der Waals surface area contributed by atoms with Crippen LogP contribution in [0.3, 0.4) is 0 Å². The minimum atomic E-state index is -0.0771. The van der Waals surface area contributed by atoms with Crippen LogP contribution in [0.15, 0.2) is 22.7 Å². The summed E-state index contributed by atoms with van der Waals surface area (Å²) in [7, 11) is 2.14. The van der Waals surface area contributed by atoms with Crippen LogP contribution in [0.4, 0.5) is 10.5 Å². The minimum Gasteiger partial charge on any atom is -0.334 e. The maximum absolute atomic E-state index is 12.0. The first-order chi connectivity index (χ1) is 8.56. The van der Waals surface area contributed by atoms with E-state index >= 15 is 0 Å². The highest BCUT2D eigenvalue weighted by Gasteiger charge is 2.21. The highest BCUT2D eigenvalue weighted by atomic mass is 79.9. The zero-order chi connectivity index (χ0) is 13.1. The quantitative estimate of drug-likeness (QED) is 0.802. The summed E-state index contributed by atoms with van der Waals surface area (Å²) in [6, 6.07) is 5.35. The lowest BCUT2D eigenvalue weighted by molar-refractivity contribution is -0.883. The highest BCUT2D eigenvalue weighted by molar-refractivity contribution is 9.10. The van der Waals surface area contributed by atoms with E-state index in [1.807, 2.05) is 11.0 Å². The summed E-state index contributed by atoms with van der Waals surface area (Å²) in [5.74, 6) is 0. The number of amides is 2. The second-order valence-corrected chi connectivity index (χ2v) is 5.82. The van der Waals surface area contributed by atoms with Gasteiger partial charge in [0.25, 0.3) is 0 Å². The molecule has 2 rings (SSSR count). The van der Waals surface area contributed by atoms with Crippen molar-refractivity contribution >= 4 is 39.2 Å². The first-order valence-corrected chi connectivity index (χ1v) is 7.05. The van der Waals surface area contributed by atoms with Crippen LogP contribution in [0.25, 0.3) is 0 Å². The molecule has 1 heterocycles. The van der Waals surface area contributed by atoms with Crippen molar-refractivity contribution in [3.05, 3.63) is 27.7 Å². The second kappa shape index (κ2) is 5.91. The molecule has 1 aliphatic rings. The molecule has 2 N–H and O–H groups in total. The van der Waals surface area contributed by atoms with E-state index in [1.165, 1.54) is 4.90 Å². The molecule has 0 atom stereocenters. The summed E-state index contributed by atoms with van der Waals surface area (Å²) in [6.45, 7) is 3.54. The number of rotatable bonds is 1. The molecule has 1 saturated heterocycles. The third-order valence-corrected chi connectivity index (χ3v) is 3.88. The molecule has 1 aromatic rings. The van der Waals surface area contributed by atoms with E-state index in [4.69, 9.17) is 11.6 Å². The summed E-state index contributed by atoms with van der Waals surface area (Å²) in [4.78, 5) is 15.3. The van der Waals surface area contributed by atoms with Crippen LogP contribution in [0.5, 0.6) is 0 Å². The fourth-order valence-corrected chi connectivity index (χ4v) is 2.60. The van der Waals surface area contributed by atoms with Gasteiger partial charge in [-0.25, -0.2) is 4.79 Å². The van der Waals surface area contributed by atoms with Gasteiger partial charge in [-0.3, -0.25) is 0 Å². The lowest BCUT2D eigenvalue weighted by atomic mass is 10.3. The Hall–Kier alpha value is -0.780. The highest BCUT2D eigenvalue weighted by Crippen LogP contribution is 2.25. The molecule has 1 aromatic carbocycles. The Morgan fingerprint density at radius 2 is 2.11 bits per heavy atom. The van der Waals surface area contributed by atoms with Gasteiger partial charge in [0.2, 0.25) is 0 Å². The van der Waals surface area contributed by atoms with Crippen LogP contribution in [-0.2, 0) is 0 Å². The first-order valence-electron chi connectivity index (χ1n) is 5.88. The van der Waals surface area contributed by atoms with Crippen molar-refractivity contribution in [1.82, 2.24) is 4.90 Å². The molecule has 1 aliphatic heterocycles. The van der Waals surface area contributed by atoms with Gasteiger partial charge in [-0.1, -0.05) is 27.5 Å². The Morgan fingerprint density at radius 1 is 1.44 bits per heavy atom. The van der Waals surface area contributed by atoms with Crippen LogP contribution in [0, 0.1) is 0 Å². The Morgan fingerprint density at radius 3 is 2.72 bits per heavy atom. The van der Waals surface area contributed by atoms with E-state index in [1.54, 1.807) is 12.1 Å². The van der Waals surface area contributed by atoms with Crippen molar-refractivity contribution in [3.63, 3.8) is 0 Å². The lowest BCUT2D eigenvalue weighted by Crippen LogP contribution is -3.12. The average molecular weight is 334 g/mol. The number of benzene rings is 1. The van der Waals surface area contributed by atoms with Crippen LogP contribution in [0.2, 0.25) is 5.02 Å². The van der Waals surface area contributed by atoms with Crippen molar-refractivity contribution in [1.29, 1.82) is 0 Å². The van der Waals surface area contributed by atoms with Gasteiger partial charge in [-0.15, -0.1) is 0 Å². The normalized spacial score (nSPS) is 16.7. The number of carbonyl (C=O) groups is 1. The standard InChI is InChI=1S/C12H15BrClN3O/c1-16-4-6-17(7-5-16)12(18)15-11-3-2-9(13)8-10(11)14/h2-3,8H,4-7H2,1H3,(H,15,18)/p+1. The van der Waals surface area contributed by atoms with Crippen molar-refractivity contribution in [2.75, 3.05) is 38.5 Å². The average Bonchev–Trinajstić information content (AvgIpc) is 2.33. The van der Waals surface area contributed by atoms with E-state index in [0.717, 1.165) is 30.7 Å². The van der Waals surface area contributed by atoms with Crippen LogP contribution in [0.1, 0.15) is 0 Å². The number of nitrogens with one attached hydrogen (secondary N) is 2. The number of carbonyl (C=O) groups excluding carboxylic acids is 1. The Labute approximate surface area is 120 Å². The van der Waals surface area contributed by atoms with Gasteiger partial charge in [0.15, 0.2) is 0 Å². The van der Waals surface area contributed by atoms with E-state index in [2.05, 4.69) is 28.3 Å². The number of hydrogen-bond acceptors (Lipinski definition) is 1. The number of halogens is 2. The van der Waals surface area contributed by atoms with E-state index in [-0.39, 0.29) is 6.03 Å². The topological polar surface area (TPSA) is 36.8 Å². The second-order valence-electron chi connectivity index (χ2n) is 4.50. The maximum Gasteiger partial charge on any atom is 0.322 e.